The second-order valence-corrected chi connectivity index (χ2v) is 10.3. The quantitative estimate of drug-likeness (QED) is 0.543. The lowest BCUT2D eigenvalue weighted by molar-refractivity contribution is -0.255. The molecule has 4 rings (SSSR count). The molecule has 0 aromatic heterocycles. The van der Waals surface area contributed by atoms with Gasteiger partial charge in [0.05, 0.1) is 17.6 Å². The van der Waals surface area contributed by atoms with Crippen LogP contribution in [0.3, 0.4) is 0 Å². The van der Waals surface area contributed by atoms with E-state index < -0.39 is 23.0 Å². The zero-order valence-electron chi connectivity index (χ0n) is 16.8. The number of aliphatic hydroxyl groups excluding tert-OH is 2. The van der Waals surface area contributed by atoms with Crippen LogP contribution < -0.4 is 0 Å². The van der Waals surface area contributed by atoms with Crippen molar-refractivity contribution in [3.8, 4) is 0 Å². The minimum atomic E-state index is -1.20. The van der Waals surface area contributed by atoms with Crippen molar-refractivity contribution in [1.82, 2.24) is 0 Å². The van der Waals surface area contributed by atoms with Crippen LogP contribution in [0.1, 0.15) is 59.8 Å². The van der Waals surface area contributed by atoms with Crippen LogP contribution in [-0.2, 0) is 14.3 Å². The Labute approximate surface area is 161 Å². The summed E-state index contributed by atoms with van der Waals surface area (Å²) >= 11 is 0. The summed E-state index contributed by atoms with van der Waals surface area (Å²) in [5, 5.41) is 22.4. The van der Waals surface area contributed by atoms with Crippen LogP contribution in [0.25, 0.3) is 0 Å². The lowest BCUT2D eigenvalue weighted by Gasteiger charge is -2.66. The van der Waals surface area contributed by atoms with Crippen molar-refractivity contribution in [3.63, 3.8) is 0 Å². The highest BCUT2D eigenvalue weighted by molar-refractivity contribution is 6.04. The van der Waals surface area contributed by atoms with E-state index in [2.05, 4.69) is 27.4 Å². The Bertz CT molecular complexity index is 711. The number of aliphatic hydroxyl groups is 2. The summed E-state index contributed by atoms with van der Waals surface area (Å²) in [5.74, 6) is -0.844. The number of ether oxygens (including phenoxy) is 1. The first-order valence-electron chi connectivity index (χ1n) is 10.3. The highest BCUT2D eigenvalue weighted by Gasteiger charge is 2.75. The number of Topliss-reactive ketones (excluding diaryl/α,β-unsaturated/α-hetero) is 1. The molecule has 0 unspecified atom stereocenters. The lowest BCUT2D eigenvalue weighted by atomic mass is 9.39. The van der Waals surface area contributed by atoms with Gasteiger partial charge in [0.25, 0.3) is 0 Å². The molecule has 0 heterocycles. The van der Waals surface area contributed by atoms with Crippen molar-refractivity contribution in [1.29, 1.82) is 0 Å². The number of fused-ring (bicyclic) bond motifs is 3. The molecule has 5 heteroatoms. The van der Waals surface area contributed by atoms with Gasteiger partial charge in [-0.25, -0.2) is 0 Å². The molecule has 5 nitrogen and oxygen atoms in total. The predicted molar refractivity (Wildman–Crippen MR) is 99.6 cm³/mol. The van der Waals surface area contributed by atoms with Crippen LogP contribution in [0.5, 0.6) is 0 Å². The largest absolute Gasteiger partial charge is 0.462 e. The van der Waals surface area contributed by atoms with Crippen molar-refractivity contribution in [3.05, 3.63) is 12.2 Å². The van der Waals surface area contributed by atoms with E-state index in [0.717, 1.165) is 19.3 Å². The van der Waals surface area contributed by atoms with Gasteiger partial charge in [0.2, 0.25) is 0 Å². The Morgan fingerprint density at radius 2 is 1.81 bits per heavy atom. The van der Waals surface area contributed by atoms with Gasteiger partial charge in [0.1, 0.15) is 6.10 Å². The van der Waals surface area contributed by atoms with E-state index in [0.29, 0.717) is 18.4 Å². The van der Waals surface area contributed by atoms with Crippen LogP contribution in [0.15, 0.2) is 12.2 Å². The van der Waals surface area contributed by atoms with Crippen molar-refractivity contribution >= 4 is 11.8 Å². The summed E-state index contributed by atoms with van der Waals surface area (Å²) in [6.45, 7) is 11.9. The molecule has 0 saturated heterocycles. The number of hydrogen-bond acceptors (Lipinski definition) is 5. The molecule has 0 amide bonds. The van der Waals surface area contributed by atoms with Gasteiger partial charge in [-0.3, -0.25) is 9.59 Å². The second-order valence-electron chi connectivity index (χ2n) is 10.3. The molecule has 4 aliphatic carbocycles. The maximum Gasteiger partial charge on any atom is 0.302 e. The van der Waals surface area contributed by atoms with Gasteiger partial charge in [0.15, 0.2) is 5.78 Å². The smallest absolute Gasteiger partial charge is 0.302 e. The number of rotatable bonds is 1. The summed E-state index contributed by atoms with van der Waals surface area (Å²) in [6.07, 6.45) is 1.45. The van der Waals surface area contributed by atoms with Crippen LogP contribution in [0.4, 0.5) is 0 Å². The Kier molecular flexibility index (Phi) is 4.01. The van der Waals surface area contributed by atoms with Gasteiger partial charge in [-0.2, -0.15) is 0 Å². The molecule has 8 atom stereocenters. The Balaban J connectivity index is 1.89. The third-order valence-corrected chi connectivity index (χ3v) is 8.85. The summed E-state index contributed by atoms with van der Waals surface area (Å²) < 4.78 is 5.81. The standard InChI is InChI=1S/C22H32O5/c1-11-13-6-7-14-21(5)15(10-16(24)22(14,18(11)25)19(13)26)20(3,4)9-8-17(21)27-12(2)23/h13-17,19,24,26H,1,6-10H2,2-5H3/t13-,14+,15+,16+,17+,19+,21-,22-/m0/s1. The van der Waals surface area contributed by atoms with E-state index >= 15 is 0 Å². The number of hydrogen-bond donors (Lipinski definition) is 2. The number of carbonyl (C=O) groups excluding carboxylic acids is 2. The van der Waals surface area contributed by atoms with Gasteiger partial charge in [-0.05, 0) is 54.9 Å². The van der Waals surface area contributed by atoms with Gasteiger partial charge in [-0.1, -0.05) is 27.4 Å². The Morgan fingerprint density at radius 3 is 2.44 bits per heavy atom. The minimum absolute atomic E-state index is 0.0333. The Hall–Kier alpha value is -1.20. The van der Waals surface area contributed by atoms with Gasteiger partial charge >= 0.3 is 5.97 Å². The first-order chi connectivity index (χ1) is 12.5. The van der Waals surface area contributed by atoms with Crippen molar-refractivity contribution in [2.75, 3.05) is 0 Å². The fourth-order valence-corrected chi connectivity index (χ4v) is 7.69. The highest BCUT2D eigenvalue weighted by atomic mass is 16.5. The number of ketones is 1. The summed E-state index contributed by atoms with van der Waals surface area (Å²) in [4.78, 5) is 25.2. The third kappa shape index (κ3) is 2.13. The van der Waals surface area contributed by atoms with Gasteiger partial charge < -0.3 is 14.9 Å². The topological polar surface area (TPSA) is 83.8 Å². The molecule has 2 N–H and O–H groups in total. The second kappa shape index (κ2) is 5.66. The van der Waals surface area contributed by atoms with Gasteiger partial charge in [0, 0.05) is 18.3 Å². The zero-order chi connectivity index (χ0) is 19.9. The van der Waals surface area contributed by atoms with E-state index in [1.807, 2.05) is 0 Å². The first kappa shape index (κ1) is 19.1. The van der Waals surface area contributed by atoms with Crippen molar-refractivity contribution in [2.45, 2.75) is 78.1 Å². The highest BCUT2D eigenvalue weighted by Crippen LogP contribution is 2.71. The molecule has 2 bridgehead atoms. The Morgan fingerprint density at radius 1 is 1.15 bits per heavy atom. The average molecular weight is 376 g/mol. The fourth-order valence-electron chi connectivity index (χ4n) is 7.69. The number of esters is 1. The van der Waals surface area contributed by atoms with Crippen LogP contribution >= 0.6 is 0 Å². The third-order valence-electron chi connectivity index (χ3n) is 8.85. The fraction of sp³-hybridized carbons (Fsp3) is 0.818. The SMILES string of the molecule is C=C1C(=O)[C@@]23[C@H](O)C[C@@H]4C(C)(C)CC[C@@H](OC(C)=O)[C@@]4(C)[C@H]2CC[C@@H]1[C@H]3O. The van der Waals surface area contributed by atoms with Crippen LogP contribution in [0, 0.1) is 34.0 Å². The van der Waals surface area contributed by atoms with E-state index in [-0.39, 0.29) is 41.0 Å². The van der Waals surface area contributed by atoms with E-state index in [1.165, 1.54) is 6.92 Å². The molecule has 150 valence electrons. The molecular formula is C22H32O5. The van der Waals surface area contributed by atoms with E-state index in [4.69, 9.17) is 4.74 Å². The van der Waals surface area contributed by atoms with E-state index in [9.17, 15) is 19.8 Å². The zero-order valence-corrected chi connectivity index (χ0v) is 16.8. The molecule has 0 aliphatic heterocycles. The molecule has 4 aliphatic rings. The molecule has 4 fully saturated rings. The van der Waals surface area contributed by atoms with Crippen molar-refractivity contribution in [2.24, 2.45) is 34.0 Å². The molecule has 0 radical (unpaired) electrons. The monoisotopic (exact) mass is 376 g/mol. The molecule has 0 aromatic carbocycles. The lowest BCUT2D eigenvalue weighted by Crippen LogP contribution is -2.70. The van der Waals surface area contributed by atoms with Crippen molar-refractivity contribution < 1.29 is 24.5 Å². The summed E-state index contributed by atoms with van der Waals surface area (Å²) in [6, 6.07) is 0. The average Bonchev–Trinajstić information content (AvgIpc) is 2.68. The normalized spacial score (nSPS) is 50.7. The van der Waals surface area contributed by atoms with Crippen LogP contribution in [0.2, 0.25) is 0 Å². The predicted octanol–water partition coefficient (Wildman–Crippen LogP) is 2.64. The maximum absolute atomic E-state index is 13.3. The summed E-state index contributed by atoms with van der Waals surface area (Å²) in [7, 11) is 0. The molecule has 27 heavy (non-hydrogen) atoms. The molecule has 1 spiro atoms. The number of carbonyl (C=O) groups is 2. The summed E-state index contributed by atoms with van der Waals surface area (Å²) in [5.41, 5.74) is -1.23. The van der Waals surface area contributed by atoms with Gasteiger partial charge in [-0.15, -0.1) is 0 Å². The first-order valence-corrected chi connectivity index (χ1v) is 10.3. The minimum Gasteiger partial charge on any atom is -0.462 e. The maximum atomic E-state index is 13.3. The van der Waals surface area contributed by atoms with Crippen LogP contribution in [-0.4, -0.2) is 40.3 Å². The van der Waals surface area contributed by atoms with E-state index in [1.54, 1.807) is 0 Å². The molecule has 4 saturated carbocycles. The molecule has 0 aromatic rings. The molecular weight excluding hydrogens is 344 g/mol.